The lowest BCUT2D eigenvalue weighted by molar-refractivity contribution is 0.544. The normalized spacial score (nSPS) is 20.2. The van der Waals surface area contributed by atoms with E-state index >= 15 is 0 Å². The van der Waals surface area contributed by atoms with E-state index in [0.29, 0.717) is 0 Å². The van der Waals surface area contributed by atoms with Gasteiger partial charge in [0.15, 0.2) is 0 Å². The number of hydrogen-bond acceptors (Lipinski definition) is 1. The van der Waals surface area contributed by atoms with Crippen molar-refractivity contribution in [2.75, 3.05) is 13.6 Å². The van der Waals surface area contributed by atoms with Crippen molar-refractivity contribution in [1.29, 1.82) is 0 Å². The van der Waals surface area contributed by atoms with Crippen LogP contribution in [-0.2, 0) is 5.41 Å². The van der Waals surface area contributed by atoms with E-state index in [2.05, 4.69) is 72.9 Å². The van der Waals surface area contributed by atoms with Crippen molar-refractivity contribution in [2.24, 2.45) is 0 Å². The van der Waals surface area contributed by atoms with E-state index in [4.69, 9.17) is 0 Å². The minimum atomic E-state index is 0.0405. The summed E-state index contributed by atoms with van der Waals surface area (Å²) in [4.78, 5) is 0. The van der Waals surface area contributed by atoms with Crippen LogP contribution in [0.2, 0.25) is 0 Å². The van der Waals surface area contributed by atoms with E-state index in [1.54, 1.807) is 0 Å². The third kappa shape index (κ3) is 2.43. The second-order valence-corrected chi connectivity index (χ2v) is 5.92. The Labute approximate surface area is 127 Å². The molecule has 2 aromatic carbocycles. The molecule has 0 bridgehead atoms. The van der Waals surface area contributed by atoms with Crippen LogP contribution in [0.1, 0.15) is 36.5 Å². The number of hydrogen-bond donors (Lipinski definition) is 1. The Morgan fingerprint density at radius 3 is 2.43 bits per heavy atom. The highest BCUT2D eigenvalue weighted by Gasteiger charge is 2.37. The van der Waals surface area contributed by atoms with Crippen molar-refractivity contribution < 1.29 is 0 Å². The fourth-order valence-electron chi connectivity index (χ4n) is 3.61. The summed E-state index contributed by atoms with van der Waals surface area (Å²) < 4.78 is 0. The first kappa shape index (κ1) is 14.1. The van der Waals surface area contributed by atoms with E-state index in [9.17, 15) is 0 Å². The van der Waals surface area contributed by atoms with Gasteiger partial charge in [0.1, 0.15) is 0 Å². The van der Waals surface area contributed by atoms with Crippen LogP contribution >= 0.6 is 0 Å². The Hall–Kier alpha value is -1.86. The number of rotatable bonds is 5. The molecule has 0 aromatic heterocycles. The molecule has 1 nitrogen and oxygen atoms in total. The fourth-order valence-corrected chi connectivity index (χ4v) is 3.61. The molecule has 0 heterocycles. The Morgan fingerprint density at radius 2 is 1.67 bits per heavy atom. The number of nitrogens with one attached hydrogen (secondary N) is 1. The first-order chi connectivity index (χ1) is 10.3. The van der Waals surface area contributed by atoms with E-state index in [1.165, 1.54) is 28.7 Å². The summed E-state index contributed by atoms with van der Waals surface area (Å²) in [6, 6.07) is 19.8. The lowest BCUT2D eigenvalue weighted by atomic mass is 9.73. The first-order valence-corrected chi connectivity index (χ1v) is 7.77. The smallest absolute Gasteiger partial charge is 0.0394 e. The number of benzene rings is 2. The third-order valence-electron chi connectivity index (χ3n) is 4.58. The largest absolute Gasteiger partial charge is 0.320 e. The fraction of sp³-hybridized carbons (Fsp3) is 0.300. The maximum Gasteiger partial charge on any atom is 0.0394 e. The van der Waals surface area contributed by atoms with Crippen LogP contribution in [-0.4, -0.2) is 13.6 Å². The second-order valence-electron chi connectivity index (χ2n) is 5.92. The molecule has 1 N–H and O–H groups in total. The molecule has 0 radical (unpaired) electrons. The zero-order chi connectivity index (χ0) is 14.7. The van der Waals surface area contributed by atoms with Crippen LogP contribution in [0.3, 0.4) is 0 Å². The molecule has 1 aliphatic rings. The highest BCUT2D eigenvalue weighted by molar-refractivity contribution is 5.77. The molecule has 3 rings (SSSR count). The molecule has 0 fully saturated rings. The monoisotopic (exact) mass is 277 g/mol. The van der Waals surface area contributed by atoms with Gasteiger partial charge < -0.3 is 5.32 Å². The molecule has 0 spiro atoms. The van der Waals surface area contributed by atoms with Gasteiger partial charge in [0.25, 0.3) is 0 Å². The number of allylic oxidation sites excluding steroid dienone is 2. The van der Waals surface area contributed by atoms with Crippen molar-refractivity contribution in [2.45, 2.75) is 25.2 Å². The van der Waals surface area contributed by atoms with E-state index in [1.807, 2.05) is 7.05 Å². The molecule has 108 valence electrons. The zero-order valence-electron chi connectivity index (χ0n) is 12.9. The molecule has 0 amide bonds. The molecular weight excluding hydrogens is 254 g/mol. The van der Waals surface area contributed by atoms with Crippen molar-refractivity contribution >= 4 is 5.57 Å². The van der Waals surface area contributed by atoms with Gasteiger partial charge in [0.2, 0.25) is 0 Å². The van der Waals surface area contributed by atoms with Crippen molar-refractivity contribution in [1.82, 2.24) is 5.32 Å². The molecule has 0 saturated heterocycles. The summed E-state index contributed by atoms with van der Waals surface area (Å²) in [6.45, 7) is 3.30. The summed E-state index contributed by atoms with van der Waals surface area (Å²) in [7, 11) is 2.03. The van der Waals surface area contributed by atoms with Gasteiger partial charge in [-0.05, 0) is 55.6 Å². The van der Waals surface area contributed by atoms with Gasteiger partial charge in [-0.2, -0.15) is 0 Å². The molecule has 1 heteroatoms. The van der Waals surface area contributed by atoms with Gasteiger partial charge >= 0.3 is 0 Å². The average molecular weight is 277 g/mol. The zero-order valence-corrected chi connectivity index (χ0v) is 12.9. The second kappa shape index (κ2) is 5.87. The highest BCUT2D eigenvalue weighted by atomic mass is 14.8. The van der Waals surface area contributed by atoms with Crippen LogP contribution in [0.5, 0.6) is 0 Å². The van der Waals surface area contributed by atoms with Crippen LogP contribution in [0, 0.1) is 0 Å². The maximum absolute atomic E-state index is 3.27. The van der Waals surface area contributed by atoms with Gasteiger partial charge in [-0.1, -0.05) is 60.7 Å². The van der Waals surface area contributed by atoms with Crippen molar-refractivity contribution in [3.8, 4) is 0 Å². The molecule has 1 aliphatic carbocycles. The van der Waals surface area contributed by atoms with Gasteiger partial charge in [0.05, 0.1) is 0 Å². The highest BCUT2D eigenvalue weighted by Crippen LogP contribution is 2.47. The van der Waals surface area contributed by atoms with Gasteiger partial charge in [-0.3, -0.25) is 0 Å². The van der Waals surface area contributed by atoms with E-state index in [-0.39, 0.29) is 5.41 Å². The van der Waals surface area contributed by atoms with E-state index < -0.39 is 0 Å². The van der Waals surface area contributed by atoms with Crippen molar-refractivity contribution in [3.63, 3.8) is 0 Å². The van der Waals surface area contributed by atoms with Crippen LogP contribution in [0.25, 0.3) is 5.57 Å². The minimum absolute atomic E-state index is 0.0405. The predicted molar refractivity (Wildman–Crippen MR) is 90.5 cm³/mol. The summed E-state index contributed by atoms with van der Waals surface area (Å²) in [5, 5.41) is 3.27. The Bertz CT molecular complexity index is 642. The third-order valence-corrected chi connectivity index (χ3v) is 4.58. The molecule has 1 atom stereocenters. The quantitative estimate of drug-likeness (QED) is 0.799. The molecule has 0 unspecified atom stereocenters. The Morgan fingerprint density at radius 1 is 0.952 bits per heavy atom. The van der Waals surface area contributed by atoms with Crippen LogP contribution in [0.15, 0.2) is 60.7 Å². The predicted octanol–water partition coefficient (Wildman–Crippen LogP) is 4.39. The first-order valence-electron chi connectivity index (χ1n) is 7.77. The Kier molecular flexibility index (Phi) is 3.94. The molecule has 2 aromatic rings. The van der Waals surface area contributed by atoms with Crippen molar-refractivity contribution in [3.05, 3.63) is 77.4 Å². The van der Waals surface area contributed by atoms with E-state index in [0.717, 1.165) is 13.0 Å². The SMILES string of the molecule is CNCCC[C@]1(c2ccccc2)C=C(C)c2ccccc21. The van der Waals surface area contributed by atoms with Gasteiger partial charge in [-0.15, -0.1) is 0 Å². The summed E-state index contributed by atoms with van der Waals surface area (Å²) in [6.07, 6.45) is 4.79. The van der Waals surface area contributed by atoms with Gasteiger partial charge in [-0.25, -0.2) is 0 Å². The van der Waals surface area contributed by atoms with Gasteiger partial charge in [0, 0.05) is 5.41 Å². The molecule has 21 heavy (non-hydrogen) atoms. The summed E-state index contributed by atoms with van der Waals surface area (Å²) in [5.41, 5.74) is 5.72. The number of fused-ring (bicyclic) bond motifs is 1. The lowest BCUT2D eigenvalue weighted by Gasteiger charge is -2.30. The van der Waals surface area contributed by atoms with Crippen LogP contribution < -0.4 is 5.32 Å². The Balaban J connectivity index is 2.11. The summed E-state index contributed by atoms with van der Waals surface area (Å²) in [5.74, 6) is 0. The standard InChI is InChI=1S/C20H23N/c1-16-15-20(13-8-14-21-2,17-9-4-3-5-10-17)19-12-7-6-11-18(16)19/h3-7,9-12,15,21H,8,13-14H2,1-2H3/t20-/m1/s1. The summed E-state index contributed by atoms with van der Waals surface area (Å²) >= 11 is 0. The molecule has 0 saturated carbocycles. The molecule has 0 aliphatic heterocycles. The topological polar surface area (TPSA) is 12.0 Å². The van der Waals surface area contributed by atoms with Crippen LogP contribution in [0.4, 0.5) is 0 Å². The lowest BCUT2D eigenvalue weighted by Crippen LogP contribution is -2.25. The molecular formula is C20H23N. The minimum Gasteiger partial charge on any atom is -0.320 e. The average Bonchev–Trinajstić information content (AvgIpc) is 2.83. The maximum atomic E-state index is 3.27.